The summed E-state index contributed by atoms with van der Waals surface area (Å²) < 4.78 is 2.01. The third-order valence-electron chi connectivity index (χ3n) is 5.76. The van der Waals surface area contributed by atoms with E-state index in [1.54, 1.807) is 0 Å². The van der Waals surface area contributed by atoms with E-state index >= 15 is 0 Å². The molecule has 1 aromatic carbocycles. The maximum atomic E-state index is 13.2. The SMILES string of the molecule is CC(C)(C)n1cc(CN2Cc3ccccc3CC2C(=O)N2CCCC2)cn1. The van der Waals surface area contributed by atoms with Crippen molar-refractivity contribution in [1.82, 2.24) is 19.6 Å². The zero-order chi connectivity index (χ0) is 19.0. The van der Waals surface area contributed by atoms with Crippen LogP contribution in [0.5, 0.6) is 0 Å². The number of fused-ring (bicyclic) bond motifs is 1. The Morgan fingerprint density at radius 2 is 1.85 bits per heavy atom. The molecule has 0 aliphatic carbocycles. The summed E-state index contributed by atoms with van der Waals surface area (Å²) >= 11 is 0. The number of likely N-dealkylation sites (tertiary alicyclic amines) is 1. The molecule has 0 spiro atoms. The van der Waals surface area contributed by atoms with Crippen LogP contribution in [0.25, 0.3) is 0 Å². The van der Waals surface area contributed by atoms with Gasteiger partial charge >= 0.3 is 0 Å². The summed E-state index contributed by atoms with van der Waals surface area (Å²) in [6.45, 7) is 9.86. The van der Waals surface area contributed by atoms with Crippen LogP contribution in [0.1, 0.15) is 50.3 Å². The van der Waals surface area contributed by atoms with Gasteiger partial charge in [-0.05, 0) is 51.2 Å². The first kappa shape index (κ1) is 18.2. The van der Waals surface area contributed by atoms with Crippen molar-refractivity contribution in [2.24, 2.45) is 0 Å². The number of carbonyl (C=O) groups is 1. The maximum Gasteiger partial charge on any atom is 0.240 e. The van der Waals surface area contributed by atoms with Crippen LogP contribution in [0.2, 0.25) is 0 Å². The normalized spacial score (nSPS) is 20.7. The Hall–Kier alpha value is -2.14. The molecular formula is C22H30N4O. The Morgan fingerprint density at radius 1 is 1.15 bits per heavy atom. The van der Waals surface area contributed by atoms with Crippen molar-refractivity contribution in [3.63, 3.8) is 0 Å². The number of carbonyl (C=O) groups excluding carboxylic acids is 1. The van der Waals surface area contributed by atoms with Crippen LogP contribution in [-0.2, 0) is 29.8 Å². The fourth-order valence-electron chi connectivity index (χ4n) is 4.18. The minimum Gasteiger partial charge on any atom is -0.341 e. The van der Waals surface area contributed by atoms with Crippen LogP contribution in [0.4, 0.5) is 0 Å². The second kappa shape index (κ2) is 7.12. The van der Waals surface area contributed by atoms with E-state index in [2.05, 4.69) is 66.1 Å². The molecule has 2 aromatic rings. The molecule has 0 radical (unpaired) electrons. The first-order chi connectivity index (χ1) is 12.9. The standard InChI is InChI=1S/C22H30N4O/c1-22(2,3)26-15-17(13-23-26)14-25-16-19-9-5-4-8-18(19)12-20(25)21(27)24-10-6-7-11-24/h4-5,8-9,13,15,20H,6-7,10-12,14,16H2,1-3H3. The molecule has 1 aromatic heterocycles. The van der Waals surface area contributed by atoms with Crippen molar-refractivity contribution >= 4 is 5.91 Å². The number of rotatable bonds is 3. The van der Waals surface area contributed by atoms with E-state index in [0.717, 1.165) is 45.4 Å². The maximum absolute atomic E-state index is 13.2. The quantitative estimate of drug-likeness (QED) is 0.838. The zero-order valence-electron chi connectivity index (χ0n) is 16.7. The molecule has 144 valence electrons. The molecule has 2 aliphatic heterocycles. The largest absolute Gasteiger partial charge is 0.341 e. The molecular weight excluding hydrogens is 336 g/mol. The summed E-state index contributed by atoms with van der Waals surface area (Å²) in [5.74, 6) is 0.296. The van der Waals surface area contributed by atoms with Gasteiger partial charge in [0.25, 0.3) is 0 Å². The molecule has 1 fully saturated rings. The van der Waals surface area contributed by atoms with Crippen LogP contribution < -0.4 is 0 Å². The van der Waals surface area contributed by atoms with Crippen molar-refractivity contribution < 1.29 is 4.79 Å². The third kappa shape index (κ3) is 3.79. The van der Waals surface area contributed by atoms with E-state index in [1.165, 1.54) is 16.7 Å². The Labute approximate surface area is 162 Å². The van der Waals surface area contributed by atoms with Gasteiger partial charge in [0.05, 0.1) is 17.8 Å². The second-order valence-corrected chi connectivity index (χ2v) is 8.89. The van der Waals surface area contributed by atoms with Gasteiger partial charge in [0.2, 0.25) is 5.91 Å². The molecule has 1 atom stereocenters. The van der Waals surface area contributed by atoms with E-state index < -0.39 is 0 Å². The second-order valence-electron chi connectivity index (χ2n) is 8.89. The van der Waals surface area contributed by atoms with E-state index in [1.807, 2.05) is 10.9 Å². The number of aromatic nitrogens is 2. The first-order valence-corrected chi connectivity index (χ1v) is 10.1. The first-order valence-electron chi connectivity index (χ1n) is 10.1. The van der Waals surface area contributed by atoms with Crippen molar-refractivity contribution in [2.75, 3.05) is 13.1 Å². The summed E-state index contributed by atoms with van der Waals surface area (Å²) in [7, 11) is 0. The predicted molar refractivity (Wildman–Crippen MR) is 106 cm³/mol. The molecule has 1 amide bonds. The average molecular weight is 367 g/mol. The minimum absolute atomic E-state index is 0.0302. The lowest BCUT2D eigenvalue weighted by molar-refractivity contribution is -0.136. The van der Waals surface area contributed by atoms with Crippen LogP contribution >= 0.6 is 0 Å². The van der Waals surface area contributed by atoms with Crippen LogP contribution in [-0.4, -0.2) is 44.6 Å². The Morgan fingerprint density at radius 3 is 2.52 bits per heavy atom. The van der Waals surface area contributed by atoms with Gasteiger partial charge in [-0.25, -0.2) is 0 Å². The van der Waals surface area contributed by atoms with Crippen molar-refractivity contribution in [2.45, 2.75) is 64.7 Å². The van der Waals surface area contributed by atoms with Crippen molar-refractivity contribution in [3.05, 3.63) is 53.3 Å². The predicted octanol–water partition coefficient (Wildman–Crippen LogP) is 3.19. The Bertz CT molecular complexity index is 814. The van der Waals surface area contributed by atoms with Crippen molar-refractivity contribution in [1.29, 1.82) is 0 Å². The Kier molecular flexibility index (Phi) is 4.81. The van der Waals surface area contributed by atoms with E-state index in [-0.39, 0.29) is 11.6 Å². The number of hydrogen-bond donors (Lipinski definition) is 0. The molecule has 1 unspecified atom stereocenters. The highest BCUT2D eigenvalue weighted by molar-refractivity contribution is 5.82. The van der Waals surface area contributed by atoms with Crippen LogP contribution in [0.3, 0.4) is 0 Å². The lowest BCUT2D eigenvalue weighted by Crippen LogP contribution is -2.50. The lowest BCUT2D eigenvalue weighted by Gasteiger charge is -2.37. The molecule has 0 saturated carbocycles. The summed E-state index contributed by atoms with van der Waals surface area (Å²) in [6.07, 6.45) is 7.14. The fourth-order valence-corrected chi connectivity index (χ4v) is 4.18. The van der Waals surface area contributed by atoms with E-state index in [4.69, 9.17) is 0 Å². The molecule has 4 rings (SSSR count). The molecule has 0 bridgehead atoms. The van der Waals surface area contributed by atoms with Gasteiger partial charge in [-0.2, -0.15) is 5.10 Å². The number of amides is 1. The van der Waals surface area contributed by atoms with Gasteiger partial charge in [-0.1, -0.05) is 24.3 Å². The highest BCUT2D eigenvalue weighted by Gasteiger charge is 2.35. The van der Waals surface area contributed by atoms with E-state index in [9.17, 15) is 4.79 Å². The number of benzene rings is 1. The Balaban J connectivity index is 1.59. The molecule has 0 N–H and O–H groups in total. The number of nitrogens with zero attached hydrogens (tertiary/aromatic N) is 4. The van der Waals surface area contributed by atoms with Gasteiger partial charge in [0, 0.05) is 37.9 Å². The minimum atomic E-state index is -0.0732. The summed E-state index contributed by atoms with van der Waals surface area (Å²) in [6, 6.07) is 8.47. The molecule has 1 saturated heterocycles. The zero-order valence-corrected chi connectivity index (χ0v) is 16.7. The highest BCUT2D eigenvalue weighted by Crippen LogP contribution is 2.27. The molecule has 27 heavy (non-hydrogen) atoms. The smallest absolute Gasteiger partial charge is 0.240 e. The lowest BCUT2D eigenvalue weighted by atomic mass is 9.93. The fraction of sp³-hybridized carbons (Fsp3) is 0.545. The average Bonchev–Trinajstić information content (AvgIpc) is 3.32. The van der Waals surface area contributed by atoms with Gasteiger partial charge in [-0.15, -0.1) is 0 Å². The van der Waals surface area contributed by atoms with Crippen LogP contribution in [0.15, 0.2) is 36.7 Å². The van der Waals surface area contributed by atoms with Gasteiger partial charge < -0.3 is 4.90 Å². The molecule has 2 aliphatic rings. The van der Waals surface area contributed by atoms with Gasteiger partial charge in [0.1, 0.15) is 0 Å². The molecule has 5 nitrogen and oxygen atoms in total. The molecule has 5 heteroatoms. The van der Waals surface area contributed by atoms with Crippen LogP contribution in [0, 0.1) is 0 Å². The highest BCUT2D eigenvalue weighted by atomic mass is 16.2. The monoisotopic (exact) mass is 366 g/mol. The van der Waals surface area contributed by atoms with E-state index in [0.29, 0.717) is 5.91 Å². The van der Waals surface area contributed by atoms with Crippen molar-refractivity contribution in [3.8, 4) is 0 Å². The van der Waals surface area contributed by atoms with Gasteiger partial charge in [-0.3, -0.25) is 14.4 Å². The molecule has 3 heterocycles. The topological polar surface area (TPSA) is 41.4 Å². The third-order valence-corrected chi connectivity index (χ3v) is 5.76. The number of hydrogen-bond acceptors (Lipinski definition) is 3. The van der Waals surface area contributed by atoms with Gasteiger partial charge in [0.15, 0.2) is 0 Å². The summed E-state index contributed by atoms with van der Waals surface area (Å²) in [5.41, 5.74) is 3.80. The summed E-state index contributed by atoms with van der Waals surface area (Å²) in [5, 5.41) is 4.54. The summed E-state index contributed by atoms with van der Waals surface area (Å²) in [4.78, 5) is 17.6.